The lowest BCUT2D eigenvalue weighted by Gasteiger charge is -2.37. The first-order valence-electron chi connectivity index (χ1n) is 7.74. The van der Waals surface area contributed by atoms with Gasteiger partial charge in [-0.3, -0.25) is 4.79 Å². The molecule has 1 rings (SSSR count). The molecule has 4 heteroatoms. The smallest absolute Gasteiger partial charge is 0.333 e. The maximum absolute atomic E-state index is 11.9. The fourth-order valence-corrected chi connectivity index (χ4v) is 2.72. The Kier molecular flexibility index (Phi) is 5.99. The van der Waals surface area contributed by atoms with Crippen LogP contribution in [-0.2, 0) is 19.1 Å². The molecule has 0 bridgehead atoms. The minimum absolute atomic E-state index is 0.203. The number of esters is 2. The predicted octanol–water partition coefficient (Wildman–Crippen LogP) is 3.64. The molecule has 0 spiro atoms. The molecule has 0 saturated heterocycles. The molecule has 1 unspecified atom stereocenters. The van der Waals surface area contributed by atoms with E-state index in [1.807, 2.05) is 13.8 Å². The van der Waals surface area contributed by atoms with Crippen molar-refractivity contribution in [1.82, 2.24) is 0 Å². The van der Waals surface area contributed by atoms with Crippen LogP contribution in [0.2, 0.25) is 0 Å². The molecular formula is C17H28O4. The van der Waals surface area contributed by atoms with Crippen LogP contribution in [0.25, 0.3) is 0 Å². The number of carbonyl (C=O) groups is 2. The van der Waals surface area contributed by atoms with Crippen LogP contribution in [0.15, 0.2) is 12.2 Å². The van der Waals surface area contributed by atoms with Gasteiger partial charge in [-0.25, -0.2) is 4.79 Å². The van der Waals surface area contributed by atoms with Crippen molar-refractivity contribution in [3.8, 4) is 0 Å². The summed E-state index contributed by atoms with van der Waals surface area (Å²) in [6.07, 6.45) is 3.82. The molecule has 0 aromatic rings. The molecule has 1 aliphatic rings. The zero-order chi connectivity index (χ0) is 16.2. The zero-order valence-electron chi connectivity index (χ0n) is 13.9. The second-order valence-corrected chi connectivity index (χ2v) is 6.83. The van der Waals surface area contributed by atoms with Gasteiger partial charge in [0, 0.05) is 5.57 Å². The first kappa shape index (κ1) is 17.7. The van der Waals surface area contributed by atoms with Gasteiger partial charge < -0.3 is 9.47 Å². The Morgan fingerprint density at radius 2 is 1.71 bits per heavy atom. The van der Waals surface area contributed by atoms with Gasteiger partial charge in [0.1, 0.15) is 11.7 Å². The molecule has 1 aliphatic carbocycles. The van der Waals surface area contributed by atoms with Crippen molar-refractivity contribution in [2.45, 2.75) is 72.0 Å². The van der Waals surface area contributed by atoms with Crippen LogP contribution < -0.4 is 0 Å². The topological polar surface area (TPSA) is 52.6 Å². The molecular weight excluding hydrogens is 268 g/mol. The first-order valence-corrected chi connectivity index (χ1v) is 7.74. The molecule has 0 heterocycles. The van der Waals surface area contributed by atoms with E-state index < -0.39 is 17.7 Å². The normalized spacial score (nSPS) is 17.6. The van der Waals surface area contributed by atoms with E-state index in [4.69, 9.17) is 9.47 Å². The van der Waals surface area contributed by atoms with Gasteiger partial charge in [-0.2, -0.15) is 0 Å². The van der Waals surface area contributed by atoms with Crippen LogP contribution in [0.4, 0.5) is 0 Å². The summed E-state index contributed by atoms with van der Waals surface area (Å²) in [7, 11) is 0. The highest BCUT2D eigenvalue weighted by atomic mass is 16.6. The Bertz CT molecular complexity index is 403. The fourth-order valence-electron chi connectivity index (χ4n) is 2.72. The highest BCUT2D eigenvalue weighted by Crippen LogP contribution is 2.36. The highest BCUT2D eigenvalue weighted by Gasteiger charge is 2.43. The Morgan fingerprint density at radius 1 is 1.19 bits per heavy atom. The third kappa shape index (κ3) is 4.87. The van der Waals surface area contributed by atoms with Crippen LogP contribution in [0.5, 0.6) is 0 Å². The summed E-state index contributed by atoms with van der Waals surface area (Å²) >= 11 is 0. The van der Waals surface area contributed by atoms with Gasteiger partial charge in [-0.15, -0.1) is 0 Å². The molecule has 1 fully saturated rings. The van der Waals surface area contributed by atoms with E-state index >= 15 is 0 Å². The molecule has 0 aromatic heterocycles. The van der Waals surface area contributed by atoms with Gasteiger partial charge in [-0.1, -0.05) is 33.3 Å². The van der Waals surface area contributed by atoms with E-state index in [9.17, 15) is 9.59 Å². The summed E-state index contributed by atoms with van der Waals surface area (Å²) in [5.41, 5.74) is -0.467. The molecule has 120 valence electrons. The lowest BCUT2D eigenvalue weighted by molar-refractivity contribution is -0.187. The van der Waals surface area contributed by atoms with E-state index in [1.54, 1.807) is 20.8 Å². The van der Waals surface area contributed by atoms with Crippen molar-refractivity contribution in [2.75, 3.05) is 0 Å². The molecule has 0 aromatic carbocycles. The van der Waals surface area contributed by atoms with Crippen molar-refractivity contribution in [3.63, 3.8) is 0 Å². The third-order valence-electron chi connectivity index (χ3n) is 3.93. The maximum atomic E-state index is 11.9. The van der Waals surface area contributed by atoms with Crippen molar-refractivity contribution in [3.05, 3.63) is 12.2 Å². The Hall–Kier alpha value is -1.32. The molecule has 0 aliphatic heterocycles. The van der Waals surface area contributed by atoms with Crippen LogP contribution in [0, 0.1) is 11.8 Å². The molecule has 21 heavy (non-hydrogen) atoms. The summed E-state index contributed by atoms with van der Waals surface area (Å²) in [6, 6.07) is 0. The third-order valence-corrected chi connectivity index (χ3v) is 3.93. The number of rotatable bonds is 6. The minimum Gasteiger partial charge on any atom is -0.455 e. The highest BCUT2D eigenvalue weighted by molar-refractivity contribution is 5.87. The Labute approximate surface area is 127 Å². The zero-order valence-corrected chi connectivity index (χ0v) is 13.9. The van der Waals surface area contributed by atoms with Crippen molar-refractivity contribution in [1.29, 1.82) is 0 Å². The first-order chi connectivity index (χ1) is 9.65. The largest absolute Gasteiger partial charge is 0.455 e. The standard InChI is InChI=1S/C17H28O4/c1-11(2)15(18)20-14(13-9-7-8-10-13)17(5,6)21-16(19)12(3)4/h12-14H,1,7-10H2,2-6H3. The SMILES string of the molecule is C=C(C)C(=O)OC(C1CCCC1)C(C)(C)OC(=O)C(C)C. The van der Waals surface area contributed by atoms with Gasteiger partial charge in [-0.05, 0) is 39.5 Å². The van der Waals surface area contributed by atoms with Gasteiger partial charge in [0.05, 0.1) is 5.92 Å². The van der Waals surface area contributed by atoms with E-state index in [2.05, 4.69) is 6.58 Å². The molecule has 0 amide bonds. The number of carbonyl (C=O) groups excluding carboxylic acids is 2. The summed E-state index contributed by atoms with van der Waals surface area (Å²) in [5, 5.41) is 0. The predicted molar refractivity (Wildman–Crippen MR) is 81.7 cm³/mol. The second-order valence-electron chi connectivity index (χ2n) is 6.83. The van der Waals surface area contributed by atoms with Crippen LogP contribution >= 0.6 is 0 Å². The summed E-state index contributed by atoms with van der Waals surface area (Å²) in [4.78, 5) is 23.8. The number of ether oxygens (including phenoxy) is 2. The molecule has 0 radical (unpaired) electrons. The van der Waals surface area contributed by atoms with Crippen LogP contribution in [0.3, 0.4) is 0 Å². The van der Waals surface area contributed by atoms with Crippen LogP contribution in [-0.4, -0.2) is 23.6 Å². The second kappa shape index (κ2) is 7.10. The van der Waals surface area contributed by atoms with Gasteiger partial charge in [0.2, 0.25) is 0 Å². The average Bonchev–Trinajstić information content (AvgIpc) is 2.87. The molecule has 0 N–H and O–H groups in total. The van der Waals surface area contributed by atoms with Gasteiger partial charge >= 0.3 is 11.9 Å². The van der Waals surface area contributed by atoms with Crippen molar-refractivity contribution >= 4 is 11.9 Å². The van der Waals surface area contributed by atoms with E-state index in [0.717, 1.165) is 25.7 Å². The average molecular weight is 296 g/mol. The number of hydrogen-bond donors (Lipinski definition) is 0. The molecule has 4 nitrogen and oxygen atoms in total. The lowest BCUT2D eigenvalue weighted by Crippen LogP contribution is -2.48. The number of hydrogen-bond acceptors (Lipinski definition) is 4. The molecule has 1 atom stereocenters. The van der Waals surface area contributed by atoms with E-state index in [-0.39, 0.29) is 17.8 Å². The van der Waals surface area contributed by atoms with E-state index in [1.165, 1.54) is 0 Å². The maximum Gasteiger partial charge on any atom is 0.333 e. The monoisotopic (exact) mass is 296 g/mol. The summed E-state index contributed by atoms with van der Waals surface area (Å²) in [6.45, 7) is 12.5. The van der Waals surface area contributed by atoms with Crippen molar-refractivity contribution in [2.24, 2.45) is 11.8 Å². The summed E-state index contributed by atoms with van der Waals surface area (Å²) < 4.78 is 11.2. The van der Waals surface area contributed by atoms with Gasteiger partial charge in [0.25, 0.3) is 0 Å². The Morgan fingerprint density at radius 3 is 2.14 bits per heavy atom. The van der Waals surface area contributed by atoms with Gasteiger partial charge in [0.15, 0.2) is 0 Å². The summed E-state index contributed by atoms with van der Waals surface area (Å²) in [5.74, 6) is -0.649. The lowest BCUT2D eigenvalue weighted by atomic mass is 9.88. The van der Waals surface area contributed by atoms with Crippen molar-refractivity contribution < 1.29 is 19.1 Å². The van der Waals surface area contributed by atoms with Crippen LogP contribution in [0.1, 0.15) is 60.3 Å². The minimum atomic E-state index is -0.832. The fraction of sp³-hybridized carbons (Fsp3) is 0.765. The molecule has 1 saturated carbocycles. The Balaban J connectivity index is 2.90. The quantitative estimate of drug-likeness (QED) is 0.554. The van der Waals surface area contributed by atoms with E-state index in [0.29, 0.717) is 5.57 Å².